The number of nitro groups is 1. The molecule has 0 aliphatic heterocycles. The van der Waals surface area contributed by atoms with Gasteiger partial charge in [-0.15, -0.1) is 0 Å². The minimum Gasteiger partial charge on any atom is -0.444 e. The van der Waals surface area contributed by atoms with Gasteiger partial charge in [0.2, 0.25) is 5.91 Å². The van der Waals surface area contributed by atoms with Crippen molar-refractivity contribution in [1.82, 2.24) is 10.6 Å². The number of carbonyl (C=O) groups excluding carboxylic acids is 2. The van der Waals surface area contributed by atoms with Gasteiger partial charge in [0.05, 0.1) is 16.9 Å². The van der Waals surface area contributed by atoms with Crippen LogP contribution in [-0.2, 0) is 16.0 Å². The lowest BCUT2D eigenvalue weighted by Gasteiger charge is -2.33. The van der Waals surface area contributed by atoms with Gasteiger partial charge in [-0.3, -0.25) is 14.9 Å². The number of non-ortho nitro benzene ring substituents is 1. The summed E-state index contributed by atoms with van der Waals surface area (Å²) in [5.74, 6) is -0.210. The summed E-state index contributed by atoms with van der Waals surface area (Å²) in [6.07, 6.45) is 0.835. The van der Waals surface area contributed by atoms with E-state index in [0.29, 0.717) is 18.4 Å². The molecule has 1 rings (SSSR count). The van der Waals surface area contributed by atoms with Gasteiger partial charge in [0.15, 0.2) is 0 Å². The second kappa shape index (κ2) is 9.34. The molecule has 0 heterocycles. The second-order valence-electron chi connectivity index (χ2n) is 7.49. The van der Waals surface area contributed by atoms with E-state index in [1.165, 1.54) is 12.1 Å². The third-order valence-electron chi connectivity index (χ3n) is 4.24. The monoisotopic (exact) mass is 379 g/mol. The number of nitrogens with one attached hydrogen (secondary N) is 2. The van der Waals surface area contributed by atoms with E-state index in [0.717, 1.165) is 0 Å². The van der Waals surface area contributed by atoms with Crippen molar-refractivity contribution >= 4 is 17.7 Å². The van der Waals surface area contributed by atoms with E-state index in [9.17, 15) is 19.7 Å². The van der Waals surface area contributed by atoms with Crippen LogP contribution >= 0.6 is 0 Å². The van der Waals surface area contributed by atoms with Gasteiger partial charge in [-0.25, -0.2) is 4.79 Å². The summed E-state index contributed by atoms with van der Waals surface area (Å²) in [5, 5.41) is 16.4. The van der Waals surface area contributed by atoms with Crippen LogP contribution in [0.5, 0.6) is 0 Å². The van der Waals surface area contributed by atoms with Crippen molar-refractivity contribution in [3.8, 4) is 0 Å². The number of alkyl carbamates (subject to hydrolysis) is 1. The van der Waals surface area contributed by atoms with Crippen LogP contribution in [-0.4, -0.2) is 34.6 Å². The summed E-state index contributed by atoms with van der Waals surface area (Å²) in [5.41, 5.74) is -0.518. The van der Waals surface area contributed by atoms with Crippen molar-refractivity contribution < 1.29 is 19.2 Å². The van der Waals surface area contributed by atoms with Crippen molar-refractivity contribution in [3.63, 3.8) is 0 Å². The van der Waals surface area contributed by atoms with Crippen LogP contribution in [0.4, 0.5) is 10.5 Å². The fourth-order valence-corrected chi connectivity index (χ4v) is 2.54. The van der Waals surface area contributed by atoms with E-state index in [1.807, 2.05) is 13.8 Å². The molecule has 8 nitrogen and oxygen atoms in total. The molecule has 2 N–H and O–H groups in total. The topological polar surface area (TPSA) is 111 Å². The van der Waals surface area contributed by atoms with Gasteiger partial charge < -0.3 is 15.4 Å². The molecule has 2 amide bonds. The molecule has 0 aliphatic rings. The van der Waals surface area contributed by atoms with Crippen LogP contribution < -0.4 is 10.6 Å². The van der Waals surface area contributed by atoms with E-state index in [1.54, 1.807) is 32.9 Å². The lowest BCUT2D eigenvalue weighted by atomic mass is 9.92. The maximum atomic E-state index is 12.4. The van der Waals surface area contributed by atoms with Crippen LogP contribution in [0, 0.1) is 10.1 Å². The Morgan fingerprint density at radius 2 is 1.67 bits per heavy atom. The average molecular weight is 379 g/mol. The Labute approximate surface area is 159 Å². The fraction of sp³-hybridized carbons (Fsp3) is 0.579. The molecular weight excluding hydrogens is 350 g/mol. The smallest absolute Gasteiger partial charge is 0.407 e. The number of hydrogen-bond acceptors (Lipinski definition) is 5. The predicted molar refractivity (Wildman–Crippen MR) is 102 cm³/mol. The molecule has 0 saturated heterocycles. The third-order valence-corrected chi connectivity index (χ3v) is 4.24. The maximum Gasteiger partial charge on any atom is 0.407 e. The maximum absolute atomic E-state index is 12.4. The third kappa shape index (κ3) is 7.64. The molecule has 27 heavy (non-hydrogen) atoms. The number of benzene rings is 1. The number of hydrogen-bond donors (Lipinski definition) is 2. The van der Waals surface area contributed by atoms with E-state index in [4.69, 9.17) is 4.74 Å². The highest BCUT2D eigenvalue weighted by Gasteiger charge is 2.29. The Bertz CT molecular complexity index is 661. The van der Waals surface area contributed by atoms with Crippen molar-refractivity contribution in [2.24, 2.45) is 0 Å². The average Bonchev–Trinajstić information content (AvgIpc) is 2.57. The fourth-order valence-electron chi connectivity index (χ4n) is 2.54. The van der Waals surface area contributed by atoms with Crippen LogP contribution in [0.2, 0.25) is 0 Å². The SMILES string of the molecule is CCC(CC)(CNC(=O)OC(C)(C)C)NC(=O)Cc1ccc([N+](=O)[O-])cc1. The van der Waals surface area contributed by atoms with Gasteiger partial charge in [-0.1, -0.05) is 26.0 Å². The Morgan fingerprint density at radius 1 is 1.11 bits per heavy atom. The number of nitrogens with zero attached hydrogens (tertiary/aromatic N) is 1. The molecular formula is C19H29N3O5. The molecule has 0 spiro atoms. The zero-order chi connectivity index (χ0) is 20.7. The first kappa shape index (κ1) is 22.4. The summed E-state index contributed by atoms with van der Waals surface area (Å²) < 4.78 is 5.24. The Morgan fingerprint density at radius 3 is 2.11 bits per heavy atom. The van der Waals surface area contributed by atoms with Gasteiger partial charge in [0, 0.05) is 18.7 Å². The zero-order valence-corrected chi connectivity index (χ0v) is 16.6. The largest absolute Gasteiger partial charge is 0.444 e. The number of amides is 2. The van der Waals surface area contributed by atoms with Crippen LogP contribution in [0.3, 0.4) is 0 Å². The Hall–Kier alpha value is -2.64. The first-order valence-electron chi connectivity index (χ1n) is 9.01. The van der Waals surface area contributed by atoms with Crippen molar-refractivity contribution in [1.29, 1.82) is 0 Å². The highest BCUT2D eigenvalue weighted by Crippen LogP contribution is 2.17. The van der Waals surface area contributed by atoms with Gasteiger partial charge >= 0.3 is 6.09 Å². The molecule has 0 bridgehead atoms. The first-order chi connectivity index (χ1) is 12.5. The molecule has 150 valence electrons. The summed E-state index contributed by atoms with van der Waals surface area (Å²) in [4.78, 5) is 34.6. The summed E-state index contributed by atoms with van der Waals surface area (Å²) in [6, 6.07) is 5.88. The molecule has 0 aromatic heterocycles. The summed E-state index contributed by atoms with van der Waals surface area (Å²) in [7, 11) is 0. The van der Waals surface area contributed by atoms with Gasteiger partial charge in [-0.05, 0) is 39.2 Å². The Balaban J connectivity index is 2.69. The predicted octanol–water partition coefficient (Wildman–Crippen LogP) is 3.34. The van der Waals surface area contributed by atoms with E-state index >= 15 is 0 Å². The van der Waals surface area contributed by atoms with Crippen LogP contribution in [0.1, 0.15) is 53.0 Å². The van der Waals surface area contributed by atoms with E-state index < -0.39 is 22.2 Å². The minimum atomic E-state index is -0.593. The normalized spacial score (nSPS) is 11.6. The Kier molecular flexibility index (Phi) is 7.75. The van der Waals surface area contributed by atoms with Gasteiger partial charge in [0.25, 0.3) is 5.69 Å². The molecule has 8 heteroatoms. The second-order valence-corrected chi connectivity index (χ2v) is 7.49. The van der Waals surface area contributed by atoms with Crippen LogP contribution in [0.15, 0.2) is 24.3 Å². The van der Waals surface area contributed by atoms with E-state index in [-0.39, 0.29) is 24.6 Å². The molecule has 0 unspecified atom stereocenters. The molecule has 1 aromatic rings. The standard InChI is InChI=1S/C19H29N3O5/c1-6-19(7-2,13-20-17(24)27-18(3,4)5)21-16(23)12-14-8-10-15(11-9-14)22(25)26/h8-11H,6-7,12-13H2,1-5H3,(H,20,24)(H,21,23). The van der Waals surface area contributed by atoms with Gasteiger partial charge in [0.1, 0.15) is 5.60 Å². The number of rotatable bonds is 8. The number of ether oxygens (including phenoxy) is 1. The van der Waals surface area contributed by atoms with E-state index in [2.05, 4.69) is 10.6 Å². The molecule has 1 aromatic carbocycles. The minimum absolute atomic E-state index is 0.0165. The number of nitro benzene ring substituents is 1. The van der Waals surface area contributed by atoms with Crippen molar-refractivity contribution in [2.75, 3.05) is 6.54 Å². The summed E-state index contributed by atoms with van der Waals surface area (Å²) >= 11 is 0. The molecule has 0 radical (unpaired) electrons. The van der Waals surface area contributed by atoms with Crippen molar-refractivity contribution in [3.05, 3.63) is 39.9 Å². The molecule has 0 atom stereocenters. The quantitative estimate of drug-likeness (QED) is 0.532. The number of carbonyl (C=O) groups is 2. The van der Waals surface area contributed by atoms with Crippen molar-refractivity contribution in [2.45, 2.75) is 65.0 Å². The molecule has 0 saturated carbocycles. The lowest BCUT2D eigenvalue weighted by Crippen LogP contribution is -2.55. The molecule has 0 aliphatic carbocycles. The summed E-state index contributed by atoms with van der Waals surface area (Å²) in [6.45, 7) is 9.47. The molecule has 0 fully saturated rings. The van der Waals surface area contributed by atoms with Crippen LogP contribution in [0.25, 0.3) is 0 Å². The van der Waals surface area contributed by atoms with Gasteiger partial charge in [-0.2, -0.15) is 0 Å². The zero-order valence-electron chi connectivity index (χ0n) is 16.6. The highest BCUT2D eigenvalue weighted by atomic mass is 16.6. The highest BCUT2D eigenvalue weighted by molar-refractivity contribution is 5.79. The lowest BCUT2D eigenvalue weighted by molar-refractivity contribution is -0.384. The first-order valence-corrected chi connectivity index (χ1v) is 9.01.